The van der Waals surface area contributed by atoms with E-state index in [0.29, 0.717) is 19.7 Å². The average Bonchev–Trinajstić information content (AvgIpc) is 2.66. The number of nitrogens with zero attached hydrogens (tertiary/aromatic N) is 2. The van der Waals surface area contributed by atoms with E-state index in [2.05, 4.69) is 15.9 Å². The van der Waals surface area contributed by atoms with Gasteiger partial charge in [-0.25, -0.2) is 4.39 Å². The first kappa shape index (κ1) is 19.8. The van der Waals surface area contributed by atoms with E-state index in [1.807, 2.05) is 38.1 Å². The number of β-amino-alcohol motifs (C(OH)–C–C–N with tert-alkyl or cyclic N) is 1. The van der Waals surface area contributed by atoms with Gasteiger partial charge in [-0.2, -0.15) is 0 Å². The Bertz CT molecular complexity index is 745. The van der Waals surface area contributed by atoms with Crippen LogP contribution in [-0.2, 0) is 6.54 Å². The van der Waals surface area contributed by atoms with Crippen molar-refractivity contribution in [2.45, 2.75) is 26.5 Å². The van der Waals surface area contributed by atoms with Gasteiger partial charge in [0.2, 0.25) is 0 Å². The molecule has 1 unspecified atom stereocenters. The summed E-state index contributed by atoms with van der Waals surface area (Å²) in [6, 6.07) is 13.0. The molecule has 0 amide bonds. The summed E-state index contributed by atoms with van der Waals surface area (Å²) in [5.74, 6) is 0.697. The molecule has 1 atom stereocenters. The van der Waals surface area contributed by atoms with E-state index < -0.39 is 6.10 Å². The van der Waals surface area contributed by atoms with Crippen LogP contribution in [-0.4, -0.2) is 60.3 Å². The Morgan fingerprint density at radius 3 is 2.48 bits per heavy atom. The van der Waals surface area contributed by atoms with E-state index in [1.54, 1.807) is 6.07 Å². The fourth-order valence-corrected chi connectivity index (χ4v) is 3.40. The Balaban J connectivity index is 1.41. The van der Waals surface area contributed by atoms with Crippen LogP contribution >= 0.6 is 0 Å². The quantitative estimate of drug-likeness (QED) is 0.811. The Hall–Kier alpha value is -1.95. The normalized spacial score (nSPS) is 17.0. The van der Waals surface area contributed by atoms with Crippen molar-refractivity contribution in [3.8, 4) is 5.75 Å². The van der Waals surface area contributed by atoms with Crippen LogP contribution in [0.1, 0.15) is 16.7 Å². The van der Waals surface area contributed by atoms with Gasteiger partial charge in [0.05, 0.1) is 0 Å². The first-order valence-corrected chi connectivity index (χ1v) is 9.57. The number of benzene rings is 2. The van der Waals surface area contributed by atoms with Gasteiger partial charge in [-0.15, -0.1) is 0 Å². The lowest BCUT2D eigenvalue weighted by atomic mass is 10.1. The zero-order chi connectivity index (χ0) is 19.2. The van der Waals surface area contributed by atoms with Crippen molar-refractivity contribution < 1.29 is 14.2 Å². The third-order valence-electron chi connectivity index (χ3n) is 5.06. The van der Waals surface area contributed by atoms with Gasteiger partial charge in [0.25, 0.3) is 0 Å². The second-order valence-electron chi connectivity index (χ2n) is 7.40. The highest BCUT2D eigenvalue weighted by Gasteiger charge is 2.20. The molecule has 5 heteroatoms. The topological polar surface area (TPSA) is 35.9 Å². The number of rotatable bonds is 7. The number of halogens is 1. The van der Waals surface area contributed by atoms with E-state index in [-0.39, 0.29) is 5.82 Å². The summed E-state index contributed by atoms with van der Waals surface area (Å²) in [6.45, 7) is 9.05. The zero-order valence-electron chi connectivity index (χ0n) is 16.2. The number of piperazine rings is 1. The van der Waals surface area contributed by atoms with Gasteiger partial charge in [-0.05, 0) is 37.1 Å². The summed E-state index contributed by atoms with van der Waals surface area (Å²) in [5, 5.41) is 10.3. The van der Waals surface area contributed by atoms with Gasteiger partial charge in [-0.3, -0.25) is 9.80 Å². The second kappa shape index (κ2) is 9.31. The molecular formula is C22H29FN2O2. The molecule has 0 bridgehead atoms. The summed E-state index contributed by atoms with van der Waals surface area (Å²) in [7, 11) is 0. The number of ether oxygens (including phenoxy) is 1. The van der Waals surface area contributed by atoms with Crippen molar-refractivity contribution in [3.63, 3.8) is 0 Å². The molecule has 0 aliphatic carbocycles. The molecule has 1 fully saturated rings. The Kier molecular flexibility index (Phi) is 6.83. The lowest BCUT2D eigenvalue weighted by Gasteiger charge is -2.35. The summed E-state index contributed by atoms with van der Waals surface area (Å²) in [6.07, 6.45) is -0.525. The SMILES string of the molecule is Cc1ccc(C)c(OCC(O)CN2CCN(Cc3ccccc3F)CC2)c1. The zero-order valence-corrected chi connectivity index (χ0v) is 16.2. The van der Waals surface area contributed by atoms with Gasteiger partial charge in [0, 0.05) is 44.8 Å². The summed E-state index contributed by atoms with van der Waals surface area (Å²) in [5.41, 5.74) is 2.97. The molecule has 1 saturated heterocycles. The largest absolute Gasteiger partial charge is 0.491 e. The maximum atomic E-state index is 13.8. The molecule has 1 heterocycles. The van der Waals surface area contributed by atoms with E-state index in [1.165, 1.54) is 6.07 Å². The molecule has 1 aliphatic rings. The van der Waals surface area contributed by atoms with Crippen molar-refractivity contribution in [2.24, 2.45) is 0 Å². The Morgan fingerprint density at radius 2 is 1.74 bits per heavy atom. The van der Waals surface area contributed by atoms with Crippen molar-refractivity contribution in [1.82, 2.24) is 9.80 Å². The minimum atomic E-state index is -0.525. The predicted molar refractivity (Wildman–Crippen MR) is 106 cm³/mol. The fourth-order valence-electron chi connectivity index (χ4n) is 3.40. The van der Waals surface area contributed by atoms with Gasteiger partial charge < -0.3 is 9.84 Å². The standard InChI is InChI=1S/C22H29FN2O2/c1-17-7-8-18(2)22(13-17)27-16-20(26)15-25-11-9-24(10-12-25)14-19-5-3-4-6-21(19)23/h3-8,13,20,26H,9-12,14-16H2,1-2H3. The van der Waals surface area contributed by atoms with Crippen LogP contribution in [0.3, 0.4) is 0 Å². The van der Waals surface area contributed by atoms with Gasteiger partial charge in [0.1, 0.15) is 24.3 Å². The van der Waals surface area contributed by atoms with Crippen LogP contribution in [0, 0.1) is 19.7 Å². The van der Waals surface area contributed by atoms with Crippen LogP contribution in [0.15, 0.2) is 42.5 Å². The number of aliphatic hydroxyl groups excluding tert-OH is 1. The van der Waals surface area contributed by atoms with Gasteiger partial charge >= 0.3 is 0 Å². The van der Waals surface area contributed by atoms with Crippen LogP contribution in [0.5, 0.6) is 5.75 Å². The molecule has 2 aromatic rings. The second-order valence-corrected chi connectivity index (χ2v) is 7.40. The molecule has 0 spiro atoms. The van der Waals surface area contributed by atoms with Crippen molar-refractivity contribution in [3.05, 3.63) is 65.0 Å². The van der Waals surface area contributed by atoms with Crippen molar-refractivity contribution >= 4 is 0 Å². The summed E-state index contributed by atoms with van der Waals surface area (Å²) in [4.78, 5) is 4.50. The third-order valence-corrected chi connectivity index (χ3v) is 5.06. The molecule has 0 aromatic heterocycles. The smallest absolute Gasteiger partial charge is 0.127 e. The number of hydrogen-bond donors (Lipinski definition) is 1. The molecule has 1 aliphatic heterocycles. The van der Waals surface area contributed by atoms with Crippen molar-refractivity contribution in [1.29, 1.82) is 0 Å². The van der Waals surface area contributed by atoms with Gasteiger partial charge in [0.15, 0.2) is 0 Å². The summed E-state index contributed by atoms with van der Waals surface area (Å²) >= 11 is 0. The highest BCUT2D eigenvalue weighted by molar-refractivity contribution is 5.35. The molecule has 4 nitrogen and oxygen atoms in total. The highest BCUT2D eigenvalue weighted by Crippen LogP contribution is 2.19. The fraction of sp³-hybridized carbons (Fsp3) is 0.455. The number of hydrogen-bond acceptors (Lipinski definition) is 4. The Morgan fingerprint density at radius 1 is 1.04 bits per heavy atom. The lowest BCUT2D eigenvalue weighted by Crippen LogP contribution is -2.48. The predicted octanol–water partition coefficient (Wildman–Crippen LogP) is 3.00. The third kappa shape index (κ3) is 5.76. The van der Waals surface area contributed by atoms with Crippen LogP contribution in [0.2, 0.25) is 0 Å². The monoisotopic (exact) mass is 372 g/mol. The molecule has 3 rings (SSSR count). The van der Waals surface area contributed by atoms with Crippen LogP contribution in [0.4, 0.5) is 4.39 Å². The Labute approximate surface area is 161 Å². The molecular weight excluding hydrogens is 343 g/mol. The highest BCUT2D eigenvalue weighted by atomic mass is 19.1. The molecule has 1 N–H and O–H groups in total. The van der Waals surface area contributed by atoms with Crippen molar-refractivity contribution in [2.75, 3.05) is 39.3 Å². The number of aliphatic hydroxyl groups is 1. The lowest BCUT2D eigenvalue weighted by molar-refractivity contribution is 0.0443. The molecule has 2 aromatic carbocycles. The van der Waals surface area contributed by atoms with E-state index in [9.17, 15) is 9.50 Å². The molecule has 0 radical (unpaired) electrons. The first-order valence-electron chi connectivity index (χ1n) is 9.57. The van der Waals surface area contributed by atoms with Crippen LogP contribution < -0.4 is 4.74 Å². The van der Waals surface area contributed by atoms with E-state index in [4.69, 9.17) is 4.74 Å². The molecule has 0 saturated carbocycles. The van der Waals surface area contributed by atoms with E-state index in [0.717, 1.165) is 48.6 Å². The molecule has 146 valence electrons. The number of aryl methyl sites for hydroxylation is 2. The van der Waals surface area contributed by atoms with Gasteiger partial charge in [-0.1, -0.05) is 30.3 Å². The first-order chi connectivity index (χ1) is 13.0. The minimum absolute atomic E-state index is 0.140. The maximum Gasteiger partial charge on any atom is 0.127 e. The van der Waals surface area contributed by atoms with Crippen LogP contribution in [0.25, 0.3) is 0 Å². The minimum Gasteiger partial charge on any atom is -0.491 e. The molecule has 27 heavy (non-hydrogen) atoms. The summed E-state index contributed by atoms with van der Waals surface area (Å²) < 4.78 is 19.6. The maximum absolute atomic E-state index is 13.8. The average molecular weight is 372 g/mol. The van der Waals surface area contributed by atoms with E-state index >= 15 is 0 Å².